The van der Waals surface area contributed by atoms with E-state index in [9.17, 15) is 0 Å². The lowest BCUT2D eigenvalue weighted by atomic mass is 10.4. The predicted molar refractivity (Wildman–Crippen MR) is 58.1 cm³/mol. The lowest BCUT2D eigenvalue weighted by Gasteiger charge is -2.07. The van der Waals surface area contributed by atoms with Gasteiger partial charge in [0.05, 0.1) is 12.4 Å². The highest BCUT2D eigenvalue weighted by Gasteiger charge is 2.08. The van der Waals surface area contributed by atoms with Gasteiger partial charge in [-0.3, -0.25) is 9.38 Å². The number of likely N-dealkylation sites (N-methyl/N-ethyl adjacent to an activating group) is 1. The number of rotatable bonds is 3. The van der Waals surface area contributed by atoms with Gasteiger partial charge in [-0.1, -0.05) is 11.6 Å². The first kappa shape index (κ1) is 10.3. The van der Waals surface area contributed by atoms with Crippen molar-refractivity contribution in [2.24, 2.45) is 0 Å². The van der Waals surface area contributed by atoms with E-state index < -0.39 is 0 Å². The van der Waals surface area contributed by atoms with Crippen LogP contribution in [0.15, 0.2) is 12.4 Å². The van der Waals surface area contributed by atoms with Crippen molar-refractivity contribution in [1.29, 1.82) is 0 Å². The van der Waals surface area contributed by atoms with Gasteiger partial charge in [-0.2, -0.15) is 0 Å². The Labute approximate surface area is 92.7 Å². The summed E-state index contributed by atoms with van der Waals surface area (Å²) in [5.41, 5.74) is 0.691. The smallest absolute Gasteiger partial charge is 0.180 e. The van der Waals surface area contributed by atoms with Gasteiger partial charge in [0.15, 0.2) is 5.65 Å². The van der Waals surface area contributed by atoms with Crippen molar-refractivity contribution in [2.75, 3.05) is 20.6 Å². The van der Waals surface area contributed by atoms with Crippen LogP contribution in [0.2, 0.25) is 5.15 Å². The Morgan fingerprint density at radius 3 is 2.87 bits per heavy atom. The van der Waals surface area contributed by atoms with Crippen molar-refractivity contribution < 1.29 is 0 Å². The average Bonchev–Trinajstić information content (AvgIpc) is 2.59. The maximum atomic E-state index is 6.03. The molecule has 0 unspecified atom stereocenters. The lowest BCUT2D eigenvalue weighted by molar-refractivity contribution is 0.409. The van der Waals surface area contributed by atoms with Gasteiger partial charge in [0.2, 0.25) is 0 Å². The fourth-order valence-electron chi connectivity index (χ4n) is 1.36. The minimum Gasteiger partial charge on any atom is -0.309 e. The second kappa shape index (κ2) is 4.12. The van der Waals surface area contributed by atoms with E-state index in [-0.39, 0.29) is 0 Å². The van der Waals surface area contributed by atoms with Crippen LogP contribution in [-0.4, -0.2) is 45.1 Å². The third-order valence-corrected chi connectivity index (χ3v) is 2.39. The Morgan fingerprint density at radius 1 is 1.33 bits per heavy atom. The molecule has 0 atom stereocenters. The zero-order chi connectivity index (χ0) is 10.8. The number of fused-ring (bicyclic) bond motifs is 1. The quantitative estimate of drug-likeness (QED) is 0.778. The van der Waals surface area contributed by atoms with E-state index in [1.54, 1.807) is 12.4 Å². The van der Waals surface area contributed by atoms with Crippen molar-refractivity contribution in [3.05, 3.63) is 23.4 Å². The monoisotopic (exact) mass is 225 g/mol. The summed E-state index contributed by atoms with van der Waals surface area (Å²) < 4.78 is 1.82. The van der Waals surface area contributed by atoms with Crippen LogP contribution in [-0.2, 0) is 6.42 Å². The molecule has 0 spiro atoms. The van der Waals surface area contributed by atoms with Crippen LogP contribution >= 0.6 is 11.6 Å². The summed E-state index contributed by atoms with van der Waals surface area (Å²) in [5, 5.41) is 8.64. The SMILES string of the molecule is CN(C)CCc1nnc2cncc(Cl)n12. The van der Waals surface area contributed by atoms with Gasteiger partial charge >= 0.3 is 0 Å². The molecule has 2 rings (SSSR count). The molecule has 0 saturated heterocycles. The van der Waals surface area contributed by atoms with Gasteiger partial charge < -0.3 is 4.90 Å². The largest absolute Gasteiger partial charge is 0.309 e. The summed E-state index contributed by atoms with van der Waals surface area (Å²) in [6.07, 6.45) is 4.06. The summed E-state index contributed by atoms with van der Waals surface area (Å²) in [6.45, 7) is 0.916. The molecule has 0 N–H and O–H groups in total. The third kappa shape index (κ3) is 2.08. The van der Waals surface area contributed by atoms with Gasteiger partial charge in [0, 0.05) is 13.0 Å². The highest BCUT2D eigenvalue weighted by molar-refractivity contribution is 6.29. The topological polar surface area (TPSA) is 46.3 Å². The molecule has 6 heteroatoms. The molecular formula is C9H12ClN5. The fourth-order valence-corrected chi connectivity index (χ4v) is 1.60. The summed E-state index contributed by atoms with van der Waals surface area (Å²) in [4.78, 5) is 6.05. The molecule has 0 amide bonds. The zero-order valence-corrected chi connectivity index (χ0v) is 9.44. The minimum absolute atomic E-state index is 0.547. The molecule has 0 aliphatic carbocycles. The number of halogens is 1. The number of hydrogen-bond donors (Lipinski definition) is 0. The molecule has 2 heterocycles. The average molecular weight is 226 g/mol. The summed E-state index contributed by atoms with van der Waals surface area (Å²) in [7, 11) is 4.04. The number of nitrogens with zero attached hydrogens (tertiary/aromatic N) is 5. The first-order valence-electron chi connectivity index (χ1n) is 4.66. The first-order chi connectivity index (χ1) is 7.18. The molecule has 2 aromatic heterocycles. The van der Waals surface area contributed by atoms with Gasteiger partial charge in [0.25, 0.3) is 0 Å². The fraction of sp³-hybridized carbons (Fsp3) is 0.444. The molecule has 2 aromatic rings. The Hall–Kier alpha value is -1.20. The maximum Gasteiger partial charge on any atom is 0.180 e. The summed E-state index contributed by atoms with van der Waals surface area (Å²) in [6, 6.07) is 0. The van der Waals surface area contributed by atoms with Gasteiger partial charge in [-0.05, 0) is 14.1 Å². The van der Waals surface area contributed by atoms with Crippen molar-refractivity contribution in [3.8, 4) is 0 Å². The molecule has 15 heavy (non-hydrogen) atoms. The Bertz CT molecular complexity index is 464. The van der Waals surface area contributed by atoms with E-state index in [0.717, 1.165) is 18.8 Å². The molecule has 80 valence electrons. The zero-order valence-electron chi connectivity index (χ0n) is 8.68. The van der Waals surface area contributed by atoms with Gasteiger partial charge in [-0.15, -0.1) is 10.2 Å². The van der Waals surface area contributed by atoms with Crippen molar-refractivity contribution in [1.82, 2.24) is 24.5 Å². The molecule has 0 aliphatic rings. The number of hydrogen-bond acceptors (Lipinski definition) is 4. The standard InChI is InChI=1S/C9H12ClN5/c1-14(2)4-3-8-12-13-9-6-11-5-7(10)15(8)9/h5-6H,3-4H2,1-2H3. The van der Waals surface area contributed by atoms with E-state index in [1.165, 1.54) is 0 Å². The van der Waals surface area contributed by atoms with E-state index in [2.05, 4.69) is 20.1 Å². The maximum absolute atomic E-state index is 6.03. The van der Waals surface area contributed by atoms with Crippen LogP contribution in [0.1, 0.15) is 5.82 Å². The molecule has 0 aromatic carbocycles. The van der Waals surface area contributed by atoms with E-state index in [0.29, 0.717) is 10.8 Å². The summed E-state index contributed by atoms with van der Waals surface area (Å²) >= 11 is 6.03. The minimum atomic E-state index is 0.547. The van der Waals surface area contributed by atoms with Crippen LogP contribution in [0.3, 0.4) is 0 Å². The third-order valence-electron chi connectivity index (χ3n) is 2.12. The highest BCUT2D eigenvalue weighted by atomic mass is 35.5. The second-order valence-corrected chi connectivity index (χ2v) is 3.98. The van der Waals surface area contributed by atoms with Crippen molar-refractivity contribution >= 4 is 17.2 Å². The highest BCUT2D eigenvalue weighted by Crippen LogP contribution is 2.11. The van der Waals surface area contributed by atoms with Gasteiger partial charge in [0.1, 0.15) is 11.0 Å². The molecule has 0 fully saturated rings. The van der Waals surface area contributed by atoms with Crippen LogP contribution in [0.5, 0.6) is 0 Å². The normalized spacial score (nSPS) is 11.5. The molecular weight excluding hydrogens is 214 g/mol. The lowest BCUT2D eigenvalue weighted by Crippen LogP contribution is -2.16. The van der Waals surface area contributed by atoms with Crippen molar-refractivity contribution in [2.45, 2.75) is 6.42 Å². The van der Waals surface area contributed by atoms with Crippen molar-refractivity contribution in [3.63, 3.8) is 0 Å². The van der Waals surface area contributed by atoms with Crippen LogP contribution in [0.25, 0.3) is 5.65 Å². The molecule has 0 saturated carbocycles. The molecule has 0 bridgehead atoms. The number of aromatic nitrogens is 4. The molecule has 5 nitrogen and oxygen atoms in total. The van der Waals surface area contributed by atoms with E-state index in [1.807, 2.05) is 18.5 Å². The van der Waals surface area contributed by atoms with Crippen LogP contribution in [0, 0.1) is 0 Å². The Kier molecular flexibility index (Phi) is 2.83. The molecule has 0 radical (unpaired) electrons. The molecule has 0 aliphatic heterocycles. The Balaban J connectivity index is 2.35. The van der Waals surface area contributed by atoms with E-state index >= 15 is 0 Å². The summed E-state index contributed by atoms with van der Waals surface area (Å²) in [5.74, 6) is 0.867. The first-order valence-corrected chi connectivity index (χ1v) is 5.04. The predicted octanol–water partition coefficient (Wildman–Crippen LogP) is 0.882. The van der Waals surface area contributed by atoms with Crippen LogP contribution in [0.4, 0.5) is 0 Å². The van der Waals surface area contributed by atoms with Gasteiger partial charge in [-0.25, -0.2) is 0 Å². The van der Waals surface area contributed by atoms with Crippen LogP contribution < -0.4 is 0 Å². The Morgan fingerprint density at radius 2 is 2.13 bits per heavy atom. The van der Waals surface area contributed by atoms with E-state index in [4.69, 9.17) is 11.6 Å². The second-order valence-electron chi connectivity index (χ2n) is 3.59.